The Bertz CT molecular complexity index is 1440. The van der Waals surface area contributed by atoms with Crippen molar-refractivity contribution in [1.29, 1.82) is 0 Å². The van der Waals surface area contributed by atoms with Gasteiger partial charge in [0.2, 0.25) is 5.91 Å². The van der Waals surface area contributed by atoms with Crippen LogP contribution >= 0.6 is 34.8 Å². The zero-order chi connectivity index (χ0) is 27.0. The summed E-state index contributed by atoms with van der Waals surface area (Å²) < 4.78 is 0. The number of carbonyl (C=O) groups excluding carboxylic acids is 3. The van der Waals surface area contributed by atoms with E-state index in [9.17, 15) is 14.4 Å². The molecule has 1 saturated heterocycles. The lowest BCUT2D eigenvalue weighted by Gasteiger charge is -2.33. The number of primary amides is 1. The number of hydrogen-bond acceptors (Lipinski definition) is 4. The molecule has 2 aliphatic rings. The number of fused-ring (bicyclic) bond motifs is 1. The molecule has 38 heavy (non-hydrogen) atoms. The first-order valence-corrected chi connectivity index (χ1v) is 13.3. The number of nitrogens with zero attached hydrogens (tertiary/aromatic N) is 1. The van der Waals surface area contributed by atoms with Gasteiger partial charge >= 0.3 is 0 Å². The van der Waals surface area contributed by atoms with Gasteiger partial charge in [0.05, 0.1) is 5.56 Å². The maximum Gasteiger partial charge on any atom is 0.255 e. The number of nitrogens with one attached hydrogen (secondary N) is 2. The third kappa shape index (κ3) is 5.06. The Morgan fingerprint density at radius 2 is 1.66 bits per heavy atom. The van der Waals surface area contributed by atoms with Crippen molar-refractivity contribution in [2.75, 3.05) is 23.7 Å². The van der Waals surface area contributed by atoms with Gasteiger partial charge in [-0.2, -0.15) is 0 Å². The predicted octanol–water partition coefficient (Wildman–Crippen LogP) is 5.49. The number of likely N-dealkylation sites (tertiary alicyclic amines) is 1. The number of rotatable bonds is 6. The molecule has 0 spiro atoms. The van der Waals surface area contributed by atoms with E-state index in [-0.39, 0.29) is 30.1 Å². The van der Waals surface area contributed by atoms with Gasteiger partial charge in [0.25, 0.3) is 11.8 Å². The molecule has 0 aromatic heterocycles. The van der Waals surface area contributed by atoms with E-state index in [0.717, 1.165) is 5.56 Å². The van der Waals surface area contributed by atoms with Gasteiger partial charge in [0.15, 0.2) is 0 Å². The van der Waals surface area contributed by atoms with Crippen molar-refractivity contribution in [3.05, 3.63) is 92.4 Å². The minimum atomic E-state index is -1.27. The molecule has 1 fully saturated rings. The molecule has 3 amide bonds. The van der Waals surface area contributed by atoms with Crippen molar-refractivity contribution >= 4 is 63.9 Å². The van der Waals surface area contributed by atoms with Crippen LogP contribution in [0.3, 0.4) is 0 Å². The molecule has 5 rings (SSSR count). The Morgan fingerprint density at radius 3 is 2.37 bits per heavy atom. The number of halogens is 3. The standard InChI is InChI=1S/C28H25Cl3N4O3/c29-18-3-1-2-16(12-18)15-28(22-7-5-20(31)14-24(22)33-27(28)38)34-23-13-19(30)4-6-21(23)26(37)35-10-8-17(9-11-35)25(32)36/h1-7,12-14,17,34H,8-11,15H2,(H2,32,36)(H,33,38). The van der Waals surface area contributed by atoms with Gasteiger partial charge in [-0.1, -0.05) is 53.0 Å². The summed E-state index contributed by atoms with van der Waals surface area (Å²) in [5.41, 5.74) is 7.07. The van der Waals surface area contributed by atoms with Gasteiger partial charge < -0.3 is 21.3 Å². The van der Waals surface area contributed by atoms with Crippen molar-refractivity contribution in [2.24, 2.45) is 11.7 Å². The first kappa shape index (κ1) is 26.4. The van der Waals surface area contributed by atoms with Gasteiger partial charge in [0.1, 0.15) is 5.54 Å². The van der Waals surface area contributed by atoms with E-state index in [4.69, 9.17) is 40.5 Å². The normalized spacial score (nSPS) is 19.1. The fourth-order valence-electron chi connectivity index (χ4n) is 5.21. The fraction of sp³-hybridized carbons (Fsp3) is 0.250. The van der Waals surface area contributed by atoms with E-state index in [0.29, 0.717) is 63.5 Å². The summed E-state index contributed by atoms with van der Waals surface area (Å²) in [5, 5.41) is 7.78. The van der Waals surface area contributed by atoms with Crippen molar-refractivity contribution in [1.82, 2.24) is 4.90 Å². The van der Waals surface area contributed by atoms with E-state index >= 15 is 0 Å². The highest BCUT2D eigenvalue weighted by Gasteiger charge is 2.47. The number of carbonyl (C=O) groups is 3. The predicted molar refractivity (Wildman–Crippen MR) is 150 cm³/mol. The van der Waals surface area contributed by atoms with E-state index in [1.165, 1.54) is 0 Å². The number of anilines is 2. The van der Waals surface area contributed by atoms with Crippen LogP contribution in [0.1, 0.15) is 34.3 Å². The van der Waals surface area contributed by atoms with Crippen LogP contribution in [0, 0.1) is 5.92 Å². The van der Waals surface area contributed by atoms with Crippen LogP contribution in [0.5, 0.6) is 0 Å². The average Bonchev–Trinajstić information content (AvgIpc) is 3.13. The summed E-state index contributed by atoms with van der Waals surface area (Å²) >= 11 is 18.9. The van der Waals surface area contributed by atoms with Crippen LogP contribution in [-0.4, -0.2) is 35.7 Å². The first-order chi connectivity index (χ1) is 18.2. The topological polar surface area (TPSA) is 105 Å². The maximum atomic E-state index is 13.7. The molecule has 3 aromatic rings. The third-order valence-electron chi connectivity index (χ3n) is 7.18. The second kappa shape index (κ2) is 10.5. The summed E-state index contributed by atoms with van der Waals surface area (Å²) in [6, 6.07) is 17.4. The lowest BCUT2D eigenvalue weighted by molar-refractivity contribution is -0.123. The molecule has 0 bridgehead atoms. The highest BCUT2D eigenvalue weighted by Crippen LogP contribution is 2.43. The summed E-state index contributed by atoms with van der Waals surface area (Å²) in [4.78, 5) is 40.6. The van der Waals surface area contributed by atoms with Crippen molar-refractivity contribution in [3.63, 3.8) is 0 Å². The highest BCUT2D eigenvalue weighted by molar-refractivity contribution is 6.32. The van der Waals surface area contributed by atoms with Crippen LogP contribution in [0.25, 0.3) is 0 Å². The van der Waals surface area contributed by atoms with E-state index in [1.807, 2.05) is 12.1 Å². The zero-order valence-electron chi connectivity index (χ0n) is 20.3. The molecule has 2 aliphatic heterocycles. The molecular weight excluding hydrogens is 547 g/mol. The quantitative estimate of drug-likeness (QED) is 0.364. The van der Waals surface area contributed by atoms with Gasteiger partial charge in [-0.15, -0.1) is 0 Å². The molecule has 1 atom stereocenters. The fourth-order valence-corrected chi connectivity index (χ4v) is 5.77. The molecule has 196 valence electrons. The van der Waals surface area contributed by atoms with Crippen LogP contribution in [0.15, 0.2) is 60.7 Å². The zero-order valence-corrected chi connectivity index (χ0v) is 22.5. The summed E-state index contributed by atoms with van der Waals surface area (Å²) in [5.74, 6) is -1.11. The van der Waals surface area contributed by atoms with E-state index in [2.05, 4.69) is 10.6 Å². The summed E-state index contributed by atoms with van der Waals surface area (Å²) in [7, 11) is 0. The lowest BCUT2D eigenvalue weighted by Crippen LogP contribution is -2.45. The molecule has 0 aliphatic carbocycles. The molecule has 7 nitrogen and oxygen atoms in total. The average molecular weight is 572 g/mol. The number of amides is 3. The Balaban J connectivity index is 1.55. The summed E-state index contributed by atoms with van der Waals surface area (Å²) in [6.07, 6.45) is 1.26. The molecular formula is C28H25Cl3N4O3. The van der Waals surface area contributed by atoms with Crippen LogP contribution in [0.4, 0.5) is 11.4 Å². The third-order valence-corrected chi connectivity index (χ3v) is 7.89. The Kier molecular flexibility index (Phi) is 7.27. The molecule has 10 heteroatoms. The van der Waals surface area contributed by atoms with E-state index < -0.39 is 5.54 Å². The van der Waals surface area contributed by atoms with Gasteiger partial charge in [0, 0.05) is 57.4 Å². The van der Waals surface area contributed by atoms with Gasteiger partial charge in [-0.3, -0.25) is 14.4 Å². The SMILES string of the molecule is NC(=O)C1CCN(C(=O)c2ccc(Cl)cc2NC2(Cc3cccc(Cl)c3)C(=O)Nc3cc(Cl)ccc32)CC1. The minimum absolute atomic E-state index is 0.222. The monoisotopic (exact) mass is 570 g/mol. The second-order valence-electron chi connectivity index (χ2n) is 9.64. The Labute approximate surface area is 235 Å². The molecule has 1 unspecified atom stereocenters. The Hall–Kier alpha value is -3.26. The number of benzene rings is 3. The van der Waals surface area contributed by atoms with Crippen molar-refractivity contribution in [3.8, 4) is 0 Å². The summed E-state index contributed by atoms with van der Waals surface area (Å²) in [6.45, 7) is 0.813. The van der Waals surface area contributed by atoms with E-state index in [1.54, 1.807) is 53.4 Å². The lowest BCUT2D eigenvalue weighted by atomic mass is 9.84. The maximum absolute atomic E-state index is 13.7. The van der Waals surface area contributed by atoms with Crippen molar-refractivity contribution < 1.29 is 14.4 Å². The van der Waals surface area contributed by atoms with Gasteiger partial charge in [-0.25, -0.2) is 0 Å². The highest BCUT2D eigenvalue weighted by atomic mass is 35.5. The largest absolute Gasteiger partial charge is 0.369 e. The molecule has 4 N–H and O–H groups in total. The molecule has 3 aromatic carbocycles. The molecule has 0 radical (unpaired) electrons. The molecule has 2 heterocycles. The minimum Gasteiger partial charge on any atom is -0.369 e. The second-order valence-corrected chi connectivity index (χ2v) is 10.9. The van der Waals surface area contributed by atoms with Gasteiger partial charge in [-0.05, 0) is 60.9 Å². The number of nitrogens with two attached hydrogens (primary N) is 1. The number of piperidine rings is 1. The van der Waals surface area contributed by atoms with Crippen LogP contribution in [0.2, 0.25) is 15.1 Å². The first-order valence-electron chi connectivity index (χ1n) is 12.2. The number of hydrogen-bond donors (Lipinski definition) is 3. The van der Waals surface area contributed by atoms with Crippen LogP contribution < -0.4 is 16.4 Å². The van der Waals surface area contributed by atoms with Crippen molar-refractivity contribution in [2.45, 2.75) is 24.8 Å². The molecule has 0 saturated carbocycles. The smallest absolute Gasteiger partial charge is 0.255 e. The Morgan fingerprint density at radius 1 is 0.974 bits per heavy atom. The van der Waals surface area contributed by atoms with Crippen LogP contribution in [-0.2, 0) is 21.5 Å².